The van der Waals surface area contributed by atoms with E-state index in [1.54, 1.807) is 0 Å². The molecule has 7 nitrogen and oxygen atoms in total. The van der Waals surface area contributed by atoms with E-state index in [-0.39, 0.29) is 27.8 Å². The highest BCUT2D eigenvalue weighted by Crippen LogP contribution is 2.25. The zero-order valence-electron chi connectivity index (χ0n) is 10.5. The predicted octanol–water partition coefficient (Wildman–Crippen LogP) is 1.84. The minimum Gasteiger partial charge on any atom is -0.478 e. The molecule has 2 aromatic rings. The average molecular weight is 287 g/mol. The first-order valence-electron chi connectivity index (χ1n) is 5.69. The number of carboxylic acid groups (broad SMARTS) is 3. The molecule has 0 saturated carbocycles. The predicted molar refractivity (Wildman–Crippen MR) is 70.6 cm³/mol. The zero-order chi connectivity index (χ0) is 15.6. The maximum Gasteiger partial charge on any atom is 0.337 e. The van der Waals surface area contributed by atoms with Crippen LogP contribution in [0.5, 0.6) is 0 Å². The molecule has 0 fully saturated rings. The van der Waals surface area contributed by atoms with Crippen molar-refractivity contribution in [1.82, 2.24) is 4.98 Å². The van der Waals surface area contributed by atoms with Gasteiger partial charge in [-0.15, -0.1) is 0 Å². The lowest BCUT2D eigenvalue weighted by atomic mass is 9.97. The molecule has 0 amide bonds. The summed E-state index contributed by atoms with van der Waals surface area (Å²) in [6.07, 6.45) is 2.46. The minimum absolute atomic E-state index is 0.142. The Balaban J connectivity index is 2.72. The smallest absolute Gasteiger partial charge is 0.337 e. The highest BCUT2D eigenvalue weighted by molar-refractivity contribution is 5.99. The van der Waals surface area contributed by atoms with Crippen LogP contribution in [0.25, 0.3) is 11.1 Å². The zero-order valence-corrected chi connectivity index (χ0v) is 10.5. The van der Waals surface area contributed by atoms with Crippen LogP contribution >= 0.6 is 0 Å². The Bertz CT molecular complexity index is 721. The second-order valence-corrected chi connectivity index (χ2v) is 4.14. The summed E-state index contributed by atoms with van der Waals surface area (Å²) in [4.78, 5) is 37.0. The number of hydrogen-bond donors (Lipinski definition) is 3. The largest absolute Gasteiger partial charge is 0.478 e. The number of pyridine rings is 1. The summed E-state index contributed by atoms with van der Waals surface area (Å²) in [6.45, 7) is 0. The molecule has 0 radical (unpaired) electrons. The van der Waals surface area contributed by atoms with Crippen LogP contribution in [0.4, 0.5) is 0 Å². The van der Waals surface area contributed by atoms with Crippen molar-refractivity contribution in [2.75, 3.05) is 0 Å². The fourth-order valence-electron chi connectivity index (χ4n) is 1.85. The third-order valence-electron chi connectivity index (χ3n) is 2.79. The molecule has 0 spiro atoms. The molecule has 1 aromatic heterocycles. The van der Waals surface area contributed by atoms with Crippen LogP contribution in [0.2, 0.25) is 0 Å². The molecule has 1 aromatic carbocycles. The summed E-state index contributed by atoms with van der Waals surface area (Å²) in [7, 11) is 0. The van der Waals surface area contributed by atoms with E-state index < -0.39 is 17.9 Å². The Labute approximate surface area is 118 Å². The molecule has 0 saturated heterocycles. The van der Waals surface area contributed by atoms with Crippen LogP contribution in [0.1, 0.15) is 31.1 Å². The van der Waals surface area contributed by atoms with Gasteiger partial charge in [0.05, 0.1) is 16.7 Å². The lowest BCUT2D eigenvalue weighted by molar-refractivity contribution is 0.0683. The van der Waals surface area contributed by atoms with Crippen molar-refractivity contribution in [2.24, 2.45) is 0 Å². The highest BCUT2D eigenvalue weighted by Gasteiger charge is 2.16. The van der Waals surface area contributed by atoms with Gasteiger partial charge in [0.1, 0.15) is 0 Å². The fourth-order valence-corrected chi connectivity index (χ4v) is 1.85. The summed E-state index contributed by atoms with van der Waals surface area (Å²) < 4.78 is 0. The quantitative estimate of drug-likeness (QED) is 0.783. The van der Waals surface area contributed by atoms with E-state index in [0.717, 1.165) is 12.3 Å². The second-order valence-electron chi connectivity index (χ2n) is 4.14. The molecule has 7 heteroatoms. The van der Waals surface area contributed by atoms with Crippen LogP contribution in [0.15, 0.2) is 36.7 Å². The Hall–Kier alpha value is -3.22. The van der Waals surface area contributed by atoms with Crippen LogP contribution in [0, 0.1) is 0 Å². The molecule has 0 unspecified atom stereocenters. The molecule has 0 bridgehead atoms. The van der Waals surface area contributed by atoms with Crippen molar-refractivity contribution in [3.05, 3.63) is 53.3 Å². The van der Waals surface area contributed by atoms with E-state index in [9.17, 15) is 14.4 Å². The Morgan fingerprint density at radius 1 is 0.857 bits per heavy atom. The van der Waals surface area contributed by atoms with E-state index in [1.807, 2.05) is 0 Å². The van der Waals surface area contributed by atoms with E-state index in [1.165, 1.54) is 24.4 Å². The molecular formula is C14H9NO6. The Kier molecular flexibility index (Phi) is 3.66. The third-order valence-corrected chi connectivity index (χ3v) is 2.79. The first-order valence-corrected chi connectivity index (χ1v) is 5.69. The van der Waals surface area contributed by atoms with Gasteiger partial charge in [-0.25, -0.2) is 14.4 Å². The van der Waals surface area contributed by atoms with Gasteiger partial charge in [-0.1, -0.05) is 0 Å². The summed E-state index contributed by atoms with van der Waals surface area (Å²) in [5.41, 5.74) is -0.234. The van der Waals surface area contributed by atoms with Gasteiger partial charge in [-0.3, -0.25) is 4.98 Å². The van der Waals surface area contributed by atoms with Crippen molar-refractivity contribution in [3.8, 4) is 11.1 Å². The Morgan fingerprint density at radius 2 is 1.43 bits per heavy atom. The number of hydrogen-bond acceptors (Lipinski definition) is 4. The van der Waals surface area contributed by atoms with Crippen LogP contribution in [0.3, 0.4) is 0 Å². The molecule has 0 aliphatic rings. The number of aromatic carboxylic acids is 3. The number of carboxylic acids is 3. The molecule has 0 atom stereocenters. The molecular weight excluding hydrogens is 278 g/mol. The first kappa shape index (κ1) is 14.2. The van der Waals surface area contributed by atoms with E-state index in [0.29, 0.717) is 0 Å². The minimum atomic E-state index is -1.30. The van der Waals surface area contributed by atoms with Crippen molar-refractivity contribution in [2.45, 2.75) is 0 Å². The lowest BCUT2D eigenvalue weighted by Crippen LogP contribution is -2.05. The fraction of sp³-hybridized carbons (Fsp3) is 0. The van der Waals surface area contributed by atoms with Gasteiger partial charge in [0.25, 0.3) is 0 Å². The van der Waals surface area contributed by atoms with Gasteiger partial charge in [0.2, 0.25) is 0 Å². The SMILES string of the molecule is O=C(O)c1cc(C(=O)O)cc(-c2ccncc2C(=O)O)c1. The number of nitrogens with zero attached hydrogens (tertiary/aromatic N) is 1. The van der Waals surface area contributed by atoms with E-state index in [2.05, 4.69) is 4.98 Å². The summed E-state index contributed by atoms with van der Waals surface area (Å²) in [6, 6.07) is 4.83. The van der Waals surface area contributed by atoms with Crippen molar-refractivity contribution >= 4 is 17.9 Å². The number of carbonyl (C=O) groups is 3. The van der Waals surface area contributed by atoms with Crippen molar-refractivity contribution in [1.29, 1.82) is 0 Å². The van der Waals surface area contributed by atoms with Gasteiger partial charge >= 0.3 is 17.9 Å². The number of aromatic nitrogens is 1. The van der Waals surface area contributed by atoms with Gasteiger partial charge in [-0.2, -0.15) is 0 Å². The molecule has 2 rings (SSSR count). The molecule has 3 N–H and O–H groups in total. The number of rotatable bonds is 4. The van der Waals surface area contributed by atoms with Crippen molar-refractivity contribution in [3.63, 3.8) is 0 Å². The van der Waals surface area contributed by atoms with E-state index >= 15 is 0 Å². The van der Waals surface area contributed by atoms with Crippen molar-refractivity contribution < 1.29 is 29.7 Å². The summed E-state index contributed by atoms with van der Waals surface area (Å²) >= 11 is 0. The molecule has 1 heterocycles. The summed E-state index contributed by atoms with van der Waals surface area (Å²) in [5.74, 6) is -3.84. The van der Waals surface area contributed by atoms with Crippen LogP contribution in [-0.2, 0) is 0 Å². The molecule has 21 heavy (non-hydrogen) atoms. The highest BCUT2D eigenvalue weighted by atomic mass is 16.4. The summed E-state index contributed by atoms with van der Waals surface area (Å²) in [5, 5.41) is 27.1. The first-order chi connectivity index (χ1) is 9.90. The van der Waals surface area contributed by atoms with Gasteiger partial charge in [0, 0.05) is 12.4 Å². The normalized spacial score (nSPS) is 10.1. The standard InChI is InChI=1S/C14H9NO6/c16-12(17)8-3-7(4-9(5-8)13(18)19)10-1-2-15-6-11(10)14(20)21/h1-6H,(H,16,17)(H,18,19)(H,20,21). The monoisotopic (exact) mass is 287 g/mol. The number of benzene rings is 1. The maximum absolute atomic E-state index is 11.2. The lowest BCUT2D eigenvalue weighted by Gasteiger charge is -2.08. The third kappa shape index (κ3) is 2.86. The molecule has 106 valence electrons. The average Bonchev–Trinajstić information content (AvgIpc) is 2.46. The van der Waals surface area contributed by atoms with Gasteiger partial charge in [-0.05, 0) is 35.4 Å². The topological polar surface area (TPSA) is 125 Å². The molecule has 0 aliphatic heterocycles. The van der Waals surface area contributed by atoms with Crippen LogP contribution in [-0.4, -0.2) is 38.2 Å². The Morgan fingerprint density at radius 3 is 1.90 bits per heavy atom. The maximum atomic E-state index is 11.2. The van der Waals surface area contributed by atoms with Crippen LogP contribution < -0.4 is 0 Å². The molecule has 0 aliphatic carbocycles. The van der Waals surface area contributed by atoms with E-state index in [4.69, 9.17) is 15.3 Å². The second kappa shape index (κ2) is 5.41. The van der Waals surface area contributed by atoms with Gasteiger partial charge < -0.3 is 15.3 Å². The van der Waals surface area contributed by atoms with Gasteiger partial charge in [0.15, 0.2) is 0 Å².